The van der Waals surface area contributed by atoms with E-state index < -0.39 is 0 Å². The molecule has 1 aromatic carbocycles. The first-order chi connectivity index (χ1) is 10.8. The van der Waals surface area contributed by atoms with E-state index in [1.165, 1.54) is 50.1 Å². The van der Waals surface area contributed by atoms with Crippen molar-refractivity contribution in [3.63, 3.8) is 0 Å². The van der Waals surface area contributed by atoms with Gasteiger partial charge in [-0.15, -0.1) is 0 Å². The fraction of sp³-hybridized carbons (Fsp3) is 0.500. The van der Waals surface area contributed by atoms with Crippen LogP contribution in [0.1, 0.15) is 49.3 Å². The summed E-state index contributed by atoms with van der Waals surface area (Å²) in [5.41, 5.74) is 8.47. The molecule has 0 saturated heterocycles. The van der Waals surface area contributed by atoms with E-state index in [1.54, 1.807) is 7.11 Å². The van der Waals surface area contributed by atoms with Crippen LogP contribution in [-0.4, -0.2) is 19.4 Å². The summed E-state index contributed by atoms with van der Waals surface area (Å²) in [6.07, 6.45) is 9.25. The number of hydrogen-bond acceptors (Lipinski definition) is 4. The summed E-state index contributed by atoms with van der Waals surface area (Å²) in [5, 5.41) is 11.2. The molecule has 4 N–H and O–H groups in total. The van der Waals surface area contributed by atoms with Crippen LogP contribution in [0.15, 0.2) is 24.4 Å². The van der Waals surface area contributed by atoms with E-state index >= 15 is 0 Å². The highest BCUT2D eigenvalue weighted by Gasteiger charge is 2.34. The van der Waals surface area contributed by atoms with Gasteiger partial charge in [-0.3, -0.25) is 0 Å². The summed E-state index contributed by atoms with van der Waals surface area (Å²) in [6, 6.07) is 7.24. The summed E-state index contributed by atoms with van der Waals surface area (Å²) >= 11 is 0. The molecule has 4 nitrogen and oxygen atoms in total. The van der Waals surface area contributed by atoms with E-state index in [1.807, 2.05) is 12.1 Å². The van der Waals surface area contributed by atoms with Crippen LogP contribution in [-0.2, 0) is 0 Å². The van der Waals surface area contributed by atoms with Crippen LogP contribution in [0.2, 0.25) is 0 Å². The highest BCUT2D eigenvalue weighted by Crippen LogP contribution is 2.42. The zero-order chi connectivity index (χ0) is 15.5. The first-order valence-corrected chi connectivity index (χ1v) is 8.13. The third-order valence-electron chi connectivity index (χ3n) is 4.85. The van der Waals surface area contributed by atoms with Gasteiger partial charge < -0.3 is 21.2 Å². The normalized spacial score (nSPS) is 20.3. The van der Waals surface area contributed by atoms with E-state index in [2.05, 4.69) is 11.4 Å². The summed E-state index contributed by atoms with van der Waals surface area (Å²) in [6.45, 7) is 0. The molecule has 2 aliphatic carbocycles. The van der Waals surface area contributed by atoms with Crippen molar-refractivity contribution >= 4 is 11.8 Å². The minimum absolute atomic E-state index is 0.385. The van der Waals surface area contributed by atoms with Crippen molar-refractivity contribution in [1.82, 2.24) is 5.32 Å². The Labute approximate surface area is 132 Å². The first-order valence-electron chi connectivity index (χ1n) is 8.13. The van der Waals surface area contributed by atoms with Crippen LogP contribution in [0.4, 0.5) is 0 Å². The van der Waals surface area contributed by atoms with E-state index in [4.69, 9.17) is 15.9 Å². The zero-order valence-corrected chi connectivity index (χ0v) is 13.1. The molecular formula is C18H25N3O. The van der Waals surface area contributed by atoms with Gasteiger partial charge in [0.2, 0.25) is 0 Å². The lowest BCUT2D eigenvalue weighted by Gasteiger charge is -2.35. The quantitative estimate of drug-likeness (QED) is 0.677. The van der Waals surface area contributed by atoms with Gasteiger partial charge in [0.15, 0.2) is 0 Å². The van der Waals surface area contributed by atoms with Gasteiger partial charge in [0.05, 0.1) is 7.11 Å². The standard InChI is InChI=1S/C18H25N3O/c1-22-17-9-13(14(10-19)11-20)5-8-16(17)18(12-3-2-4-12)21-15-6-7-15/h5,8-12,15,18-19,21H,2-4,6-7,20H2,1H3/b14-11+,19-10?. The second-order valence-electron chi connectivity index (χ2n) is 6.33. The summed E-state index contributed by atoms with van der Waals surface area (Å²) in [5.74, 6) is 1.61. The molecule has 118 valence electrons. The Bertz CT molecular complexity index is 574. The van der Waals surface area contributed by atoms with Gasteiger partial charge in [0.1, 0.15) is 5.75 Å². The van der Waals surface area contributed by atoms with Crippen molar-refractivity contribution in [2.45, 2.75) is 44.2 Å². The summed E-state index contributed by atoms with van der Waals surface area (Å²) in [4.78, 5) is 0. The van der Waals surface area contributed by atoms with Crippen LogP contribution in [0.5, 0.6) is 5.75 Å². The molecule has 1 atom stereocenters. The Morgan fingerprint density at radius 3 is 2.64 bits per heavy atom. The molecule has 0 aromatic heterocycles. The van der Waals surface area contributed by atoms with Gasteiger partial charge in [-0.25, -0.2) is 0 Å². The topological polar surface area (TPSA) is 71.1 Å². The minimum atomic E-state index is 0.385. The number of nitrogens with two attached hydrogens (primary N) is 1. The van der Waals surface area contributed by atoms with E-state index in [-0.39, 0.29) is 0 Å². The number of hydrogen-bond donors (Lipinski definition) is 3. The average Bonchev–Trinajstić information content (AvgIpc) is 3.30. The Balaban J connectivity index is 1.91. The molecule has 0 spiro atoms. The lowest BCUT2D eigenvalue weighted by Crippen LogP contribution is -2.33. The number of rotatable bonds is 7. The third-order valence-corrected chi connectivity index (χ3v) is 4.85. The lowest BCUT2D eigenvalue weighted by atomic mass is 9.76. The maximum absolute atomic E-state index is 7.44. The number of allylic oxidation sites excluding steroid dienone is 1. The Kier molecular flexibility index (Phi) is 4.48. The minimum Gasteiger partial charge on any atom is -0.496 e. The molecule has 2 aliphatic rings. The Hall–Kier alpha value is -1.81. The van der Waals surface area contributed by atoms with Gasteiger partial charge in [-0.05, 0) is 43.2 Å². The highest BCUT2D eigenvalue weighted by molar-refractivity contribution is 6.08. The summed E-state index contributed by atoms with van der Waals surface area (Å²) in [7, 11) is 1.72. The fourth-order valence-electron chi connectivity index (χ4n) is 3.13. The van der Waals surface area contributed by atoms with E-state index in [9.17, 15) is 0 Å². The van der Waals surface area contributed by atoms with Crippen LogP contribution >= 0.6 is 0 Å². The van der Waals surface area contributed by atoms with Crippen molar-refractivity contribution in [2.24, 2.45) is 11.7 Å². The molecule has 22 heavy (non-hydrogen) atoms. The monoisotopic (exact) mass is 299 g/mol. The molecule has 2 fully saturated rings. The van der Waals surface area contributed by atoms with E-state index in [0.29, 0.717) is 23.6 Å². The third kappa shape index (κ3) is 3.02. The van der Waals surface area contributed by atoms with Gasteiger partial charge >= 0.3 is 0 Å². The molecular weight excluding hydrogens is 274 g/mol. The van der Waals surface area contributed by atoms with Crippen LogP contribution in [0, 0.1) is 11.3 Å². The molecule has 3 rings (SSSR count). The SMILES string of the molecule is COc1cc(/C(C=N)=C/N)ccc1C(NC1CC1)C1CCC1. The second-order valence-corrected chi connectivity index (χ2v) is 6.33. The van der Waals surface area contributed by atoms with Crippen molar-refractivity contribution in [2.75, 3.05) is 7.11 Å². The molecule has 1 unspecified atom stereocenters. The number of methoxy groups -OCH3 is 1. The summed E-state index contributed by atoms with van der Waals surface area (Å²) < 4.78 is 5.64. The number of benzene rings is 1. The van der Waals surface area contributed by atoms with Gasteiger partial charge in [-0.2, -0.15) is 0 Å². The number of nitrogens with one attached hydrogen (secondary N) is 2. The predicted molar refractivity (Wildman–Crippen MR) is 90.2 cm³/mol. The van der Waals surface area contributed by atoms with Crippen LogP contribution in [0.3, 0.4) is 0 Å². The van der Waals surface area contributed by atoms with Gasteiger partial charge in [0.25, 0.3) is 0 Å². The van der Waals surface area contributed by atoms with Gasteiger partial charge in [-0.1, -0.05) is 18.6 Å². The lowest BCUT2D eigenvalue weighted by molar-refractivity contribution is 0.225. The van der Waals surface area contributed by atoms with Crippen molar-refractivity contribution in [3.8, 4) is 5.75 Å². The first kappa shape index (κ1) is 15.1. The maximum atomic E-state index is 7.44. The number of ether oxygens (including phenoxy) is 1. The molecule has 1 aromatic rings. The molecule has 4 heteroatoms. The van der Waals surface area contributed by atoms with Crippen LogP contribution in [0.25, 0.3) is 5.57 Å². The van der Waals surface area contributed by atoms with Crippen molar-refractivity contribution in [1.29, 1.82) is 5.41 Å². The molecule has 2 saturated carbocycles. The molecule has 0 heterocycles. The van der Waals surface area contributed by atoms with E-state index in [0.717, 1.165) is 11.3 Å². The zero-order valence-electron chi connectivity index (χ0n) is 13.1. The van der Waals surface area contributed by atoms with Gasteiger partial charge in [0, 0.05) is 35.6 Å². The highest BCUT2D eigenvalue weighted by atomic mass is 16.5. The Morgan fingerprint density at radius 1 is 1.36 bits per heavy atom. The average molecular weight is 299 g/mol. The Morgan fingerprint density at radius 2 is 2.14 bits per heavy atom. The van der Waals surface area contributed by atoms with Crippen molar-refractivity contribution in [3.05, 3.63) is 35.5 Å². The smallest absolute Gasteiger partial charge is 0.124 e. The van der Waals surface area contributed by atoms with Crippen LogP contribution < -0.4 is 15.8 Å². The molecule has 0 radical (unpaired) electrons. The largest absolute Gasteiger partial charge is 0.496 e. The molecule has 0 aliphatic heterocycles. The van der Waals surface area contributed by atoms with Crippen molar-refractivity contribution < 1.29 is 4.74 Å². The molecule has 0 amide bonds. The maximum Gasteiger partial charge on any atom is 0.124 e. The molecule has 0 bridgehead atoms. The predicted octanol–water partition coefficient (Wildman–Crippen LogP) is 3.24. The second kappa shape index (κ2) is 6.53. The fourth-order valence-corrected chi connectivity index (χ4v) is 3.13.